The van der Waals surface area contributed by atoms with Gasteiger partial charge in [0, 0.05) is 5.46 Å². The molecule has 2 rings (SSSR count). The summed E-state index contributed by atoms with van der Waals surface area (Å²) in [5.74, 6) is -1.02. The Morgan fingerprint density at radius 3 is 2.11 bits per heavy atom. The van der Waals surface area contributed by atoms with E-state index in [9.17, 15) is 9.50 Å². The summed E-state index contributed by atoms with van der Waals surface area (Å²) in [4.78, 5) is 0. The Morgan fingerprint density at radius 2 is 1.61 bits per heavy atom. The minimum Gasteiger partial charge on any atom is -0.505 e. The molecule has 98 valence electrons. The highest BCUT2D eigenvalue weighted by Gasteiger charge is 2.52. The van der Waals surface area contributed by atoms with Crippen molar-refractivity contribution >= 4 is 12.6 Å². The second-order valence-corrected chi connectivity index (χ2v) is 5.72. The van der Waals surface area contributed by atoms with Crippen LogP contribution in [0.25, 0.3) is 0 Å². The molecular weight excluding hydrogens is 234 g/mol. The van der Waals surface area contributed by atoms with E-state index in [1.54, 1.807) is 19.1 Å². The first kappa shape index (κ1) is 13.4. The van der Waals surface area contributed by atoms with Gasteiger partial charge in [-0.3, -0.25) is 0 Å². The number of hydrogen-bond acceptors (Lipinski definition) is 3. The summed E-state index contributed by atoms with van der Waals surface area (Å²) in [6, 6.07) is 3.24. The Balaban J connectivity index is 2.39. The van der Waals surface area contributed by atoms with Crippen LogP contribution in [0, 0.1) is 12.7 Å². The molecule has 0 atom stereocenters. The van der Waals surface area contributed by atoms with Crippen LogP contribution in [-0.2, 0) is 9.31 Å². The first-order valence-corrected chi connectivity index (χ1v) is 5.99. The highest BCUT2D eigenvalue weighted by molar-refractivity contribution is 6.63. The molecule has 0 aromatic heterocycles. The van der Waals surface area contributed by atoms with Gasteiger partial charge in [-0.25, -0.2) is 4.39 Å². The van der Waals surface area contributed by atoms with Gasteiger partial charge in [-0.15, -0.1) is 0 Å². The normalized spacial score (nSPS) is 21.3. The van der Waals surface area contributed by atoms with Gasteiger partial charge in [0.2, 0.25) is 0 Å². The fourth-order valence-electron chi connectivity index (χ4n) is 1.84. The van der Waals surface area contributed by atoms with Gasteiger partial charge in [-0.1, -0.05) is 12.1 Å². The molecule has 0 amide bonds. The highest BCUT2D eigenvalue weighted by Crippen LogP contribution is 2.37. The first-order valence-electron chi connectivity index (χ1n) is 5.99. The molecule has 0 aliphatic carbocycles. The van der Waals surface area contributed by atoms with Crippen LogP contribution in [0.4, 0.5) is 4.39 Å². The molecule has 1 heterocycles. The van der Waals surface area contributed by atoms with Crippen LogP contribution < -0.4 is 5.46 Å². The molecule has 1 fully saturated rings. The average Bonchev–Trinajstić information content (AvgIpc) is 2.45. The summed E-state index contributed by atoms with van der Waals surface area (Å²) in [6.07, 6.45) is 0. The summed E-state index contributed by atoms with van der Waals surface area (Å²) in [7, 11) is -0.745. The van der Waals surface area contributed by atoms with Crippen molar-refractivity contribution in [3.8, 4) is 5.75 Å². The standard InChI is InChI=1S/C13H18BFO3/c1-8-6-7-9(11(16)10(8)15)14-17-12(2,3)13(4,5)18-14/h6-7,16H,1-5H3. The van der Waals surface area contributed by atoms with Crippen LogP contribution in [0.2, 0.25) is 0 Å². The van der Waals surface area contributed by atoms with E-state index in [1.165, 1.54) is 0 Å². The zero-order valence-corrected chi connectivity index (χ0v) is 11.4. The SMILES string of the molecule is Cc1ccc(B2OC(C)(C)C(C)(C)O2)c(O)c1F. The predicted molar refractivity (Wildman–Crippen MR) is 68.5 cm³/mol. The quantitative estimate of drug-likeness (QED) is 0.778. The number of aryl methyl sites for hydroxylation is 1. The van der Waals surface area contributed by atoms with Gasteiger partial charge in [0.15, 0.2) is 11.6 Å². The van der Waals surface area contributed by atoms with E-state index in [1.807, 2.05) is 27.7 Å². The topological polar surface area (TPSA) is 38.7 Å². The van der Waals surface area contributed by atoms with Crippen LogP contribution in [0.3, 0.4) is 0 Å². The third-order valence-corrected chi connectivity index (χ3v) is 3.85. The Bertz CT molecular complexity index is 469. The number of phenols is 1. The maximum atomic E-state index is 13.7. The smallest absolute Gasteiger partial charge is 0.498 e. The maximum absolute atomic E-state index is 13.7. The fraction of sp³-hybridized carbons (Fsp3) is 0.538. The zero-order chi connectivity index (χ0) is 13.7. The molecule has 3 nitrogen and oxygen atoms in total. The van der Waals surface area contributed by atoms with Crippen molar-refractivity contribution in [3.63, 3.8) is 0 Å². The third-order valence-electron chi connectivity index (χ3n) is 3.85. The molecule has 1 aromatic carbocycles. The van der Waals surface area contributed by atoms with E-state index in [-0.39, 0.29) is 0 Å². The van der Waals surface area contributed by atoms with Crippen molar-refractivity contribution in [2.45, 2.75) is 45.8 Å². The second-order valence-electron chi connectivity index (χ2n) is 5.72. The van der Waals surface area contributed by atoms with Crippen LogP contribution in [0.1, 0.15) is 33.3 Å². The minimum absolute atomic E-state index is 0.330. The first-order chi connectivity index (χ1) is 8.16. The summed E-state index contributed by atoms with van der Waals surface area (Å²) in [5.41, 5.74) is -0.291. The molecule has 1 N–H and O–H groups in total. The molecule has 0 saturated carbocycles. The molecule has 5 heteroatoms. The third kappa shape index (κ3) is 1.91. The molecule has 1 saturated heterocycles. The molecule has 1 aliphatic rings. The van der Waals surface area contributed by atoms with Gasteiger partial charge in [0.05, 0.1) is 11.2 Å². The Kier molecular flexibility index (Phi) is 2.95. The molecule has 0 radical (unpaired) electrons. The van der Waals surface area contributed by atoms with E-state index in [4.69, 9.17) is 9.31 Å². The number of aromatic hydroxyl groups is 1. The van der Waals surface area contributed by atoms with E-state index < -0.39 is 29.9 Å². The lowest BCUT2D eigenvalue weighted by atomic mass is 9.78. The lowest BCUT2D eigenvalue weighted by molar-refractivity contribution is 0.00578. The van der Waals surface area contributed by atoms with E-state index in [0.29, 0.717) is 11.0 Å². The van der Waals surface area contributed by atoms with Gasteiger partial charge < -0.3 is 14.4 Å². The van der Waals surface area contributed by atoms with Crippen molar-refractivity contribution in [1.29, 1.82) is 0 Å². The lowest BCUT2D eigenvalue weighted by Gasteiger charge is -2.32. The molecule has 0 spiro atoms. The average molecular weight is 252 g/mol. The van der Waals surface area contributed by atoms with Crippen molar-refractivity contribution in [2.75, 3.05) is 0 Å². The second kappa shape index (κ2) is 3.97. The predicted octanol–water partition coefficient (Wildman–Crippen LogP) is 2.14. The summed E-state index contributed by atoms with van der Waals surface area (Å²) < 4.78 is 25.2. The maximum Gasteiger partial charge on any atom is 0.498 e. The number of rotatable bonds is 1. The van der Waals surface area contributed by atoms with Gasteiger partial charge in [-0.2, -0.15) is 0 Å². The van der Waals surface area contributed by atoms with Gasteiger partial charge in [-0.05, 0) is 40.2 Å². The van der Waals surface area contributed by atoms with Crippen molar-refractivity contribution in [2.24, 2.45) is 0 Å². The fourth-order valence-corrected chi connectivity index (χ4v) is 1.84. The van der Waals surface area contributed by atoms with Crippen molar-refractivity contribution in [3.05, 3.63) is 23.5 Å². The largest absolute Gasteiger partial charge is 0.505 e. The number of phenolic OH excluding ortho intramolecular Hbond substituents is 1. The van der Waals surface area contributed by atoms with Crippen LogP contribution in [0.5, 0.6) is 5.75 Å². The molecular formula is C13H18BFO3. The van der Waals surface area contributed by atoms with Crippen molar-refractivity contribution < 1.29 is 18.8 Å². The van der Waals surface area contributed by atoms with Gasteiger partial charge in [0.1, 0.15) is 0 Å². The van der Waals surface area contributed by atoms with E-state index in [2.05, 4.69) is 0 Å². The summed E-state index contributed by atoms with van der Waals surface area (Å²) in [5, 5.41) is 9.84. The van der Waals surface area contributed by atoms with Gasteiger partial charge in [0.25, 0.3) is 0 Å². The molecule has 18 heavy (non-hydrogen) atoms. The number of benzene rings is 1. The van der Waals surface area contributed by atoms with Crippen LogP contribution in [0.15, 0.2) is 12.1 Å². The lowest BCUT2D eigenvalue weighted by Crippen LogP contribution is -2.41. The highest BCUT2D eigenvalue weighted by atomic mass is 19.1. The minimum atomic E-state index is -0.745. The Morgan fingerprint density at radius 1 is 1.11 bits per heavy atom. The molecule has 0 bridgehead atoms. The van der Waals surface area contributed by atoms with Crippen LogP contribution in [-0.4, -0.2) is 23.4 Å². The molecule has 1 aromatic rings. The van der Waals surface area contributed by atoms with E-state index in [0.717, 1.165) is 0 Å². The van der Waals surface area contributed by atoms with Crippen LogP contribution >= 0.6 is 0 Å². The van der Waals surface area contributed by atoms with Crippen molar-refractivity contribution in [1.82, 2.24) is 0 Å². The summed E-state index contributed by atoms with van der Waals surface area (Å²) >= 11 is 0. The number of halogens is 1. The molecule has 0 unspecified atom stereocenters. The Hall–Kier alpha value is -1.07. The van der Waals surface area contributed by atoms with Gasteiger partial charge >= 0.3 is 7.12 Å². The summed E-state index contributed by atoms with van der Waals surface area (Å²) in [6.45, 7) is 9.25. The monoisotopic (exact) mass is 252 g/mol. The zero-order valence-electron chi connectivity index (χ0n) is 11.4. The Labute approximate surface area is 107 Å². The number of hydrogen-bond donors (Lipinski definition) is 1. The van der Waals surface area contributed by atoms with E-state index >= 15 is 0 Å². The molecule has 1 aliphatic heterocycles.